The molecule has 1 aliphatic rings. The van der Waals surface area contributed by atoms with Gasteiger partial charge in [0.2, 0.25) is 5.95 Å². The number of aromatic amines is 1. The molecule has 23 heavy (non-hydrogen) atoms. The number of ether oxygens (including phenoxy) is 1. The van der Waals surface area contributed by atoms with Gasteiger partial charge in [0.15, 0.2) is 5.69 Å². The molecule has 2 aromatic heterocycles. The van der Waals surface area contributed by atoms with Crippen molar-refractivity contribution in [3.63, 3.8) is 0 Å². The molecule has 0 unspecified atom stereocenters. The highest BCUT2D eigenvalue weighted by atomic mass is 79.9. The highest BCUT2D eigenvalue weighted by molar-refractivity contribution is 9.13. The molecule has 120 valence electrons. The summed E-state index contributed by atoms with van der Waals surface area (Å²) < 4.78 is 6.21. The standard InChI is InChI=1S/C13H11Br2N5O3/c1-2-23-12(22)9-5-4(18-13(16)20-9)3-17-11(21)8-6(5)7(14)10(15)19-8/h19H,2-3H2,1H3,(H,17,21)(H2,16,18,20). The van der Waals surface area contributed by atoms with Crippen LogP contribution in [0.25, 0.3) is 11.1 Å². The second-order valence-electron chi connectivity index (χ2n) is 4.66. The molecule has 1 amide bonds. The molecule has 0 fully saturated rings. The second kappa shape index (κ2) is 5.93. The summed E-state index contributed by atoms with van der Waals surface area (Å²) in [5.41, 5.74) is 7.37. The van der Waals surface area contributed by atoms with Crippen LogP contribution in [0.5, 0.6) is 0 Å². The number of nitrogens with zero attached hydrogens (tertiary/aromatic N) is 2. The molecule has 1 aliphatic heterocycles. The number of esters is 1. The topological polar surface area (TPSA) is 123 Å². The van der Waals surface area contributed by atoms with Crippen LogP contribution in [0.1, 0.15) is 33.6 Å². The first-order chi connectivity index (χ1) is 10.9. The Kier molecular flexibility index (Phi) is 4.11. The van der Waals surface area contributed by atoms with Gasteiger partial charge in [0, 0.05) is 11.1 Å². The Bertz CT molecular complexity index is 834. The molecule has 4 N–H and O–H groups in total. The first kappa shape index (κ1) is 15.9. The first-order valence-electron chi connectivity index (χ1n) is 6.63. The Morgan fingerprint density at radius 3 is 2.78 bits per heavy atom. The van der Waals surface area contributed by atoms with Crippen LogP contribution in [-0.4, -0.2) is 33.4 Å². The molecule has 10 heteroatoms. The van der Waals surface area contributed by atoms with Crippen LogP contribution in [-0.2, 0) is 11.3 Å². The summed E-state index contributed by atoms with van der Waals surface area (Å²) in [6.07, 6.45) is 0. The fourth-order valence-electron chi connectivity index (χ4n) is 2.37. The molecule has 0 spiro atoms. The number of hydrogen-bond acceptors (Lipinski definition) is 6. The fourth-order valence-corrected chi connectivity index (χ4v) is 3.26. The Labute approximate surface area is 147 Å². The number of carbonyl (C=O) groups is 2. The average molecular weight is 445 g/mol. The number of aromatic nitrogens is 3. The van der Waals surface area contributed by atoms with E-state index in [2.05, 4.69) is 52.1 Å². The van der Waals surface area contributed by atoms with Crippen molar-refractivity contribution in [2.24, 2.45) is 0 Å². The van der Waals surface area contributed by atoms with Gasteiger partial charge in [0.05, 0.1) is 27.9 Å². The summed E-state index contributed by atoms with van der Waals surface area (Å²) >= 11 is 6.74. The van der Waals surface area contributed by atoms with E-state index in [1.807, 2.05) is 0 Å². The molecule has 0 radical (unpaired) electrons. The van der Waals surface area contributed by atoms with E-state index in [9.17, 15) is 9.59 Å². The van der Waals surface area contributed by atoms with Gasteiger partial charge in [-0.2, -0.15) is 0 Å². The largest absolute Gasteiger partial charge is 0.461 e. The van der Waals surface area contributed by atoms with Crippen molar-refractivity contribution in [2.75, 3.05) is 12.3 Å². The maximum Gasteiger partial charge on any atom is 0.357 e. The monoisotopic (exact) mass is 443 g/mol. The lowest BCUT2D eigenvalue weighted by Gasteiger charge is -2.11. The van der Waals surface area contributed by atoms with Crippen LogP contribution in [0.4, 0.5) is 5.95 Å². The molecule has 0 aromatic carbocycles. The minimum absolute atomic E-state index is 0.0271. The van der Waals surface area contributed by atoms with E-state index in [0.29, 0.717) is 31.6 Å². The molecular weight excluding hydrogens is 434 g/mol. The second-order valence-corrected chi connectivity index (χ2v) is 6.24. The van der Waals surface area contributed by atoms with Gasteiger partial charge in [-0.25, -0.2) is 14.8 Å². The Balaban J connectivity index is 2.36. The minimum atomic E-state index is -0.623. The molecule has 0 saturated heterocycles. The van der Waals surface area contributed by atoms with Crippen LogP contribution in [0.2, 0.25) is 0 Å². The van der Waals surface area contributed by atoms with Crippen LogP contribution in [0.15, 0.2) is 9.08 Å². The molecular formula is C13H11Br2N5O3. The Morgan fingerprint density at radius 1 is 1.35 bits per heavy atom. The maximum absolute atomic E-state index is 12.3. The lowest BCUT2D eigenvalue weighted by atomic mass is 10.0. The summed E-state index contributed by atoms with van der Waals surface area (Å²) in [5, 5.41) is 2.71. The number of rotatable bonds is 2. The van der Waals surface area contributed by atoms with Crippen molar-refractivity contribution in [3.05, 3.63) is 26.2 Å². The highest BCUT2D eigenvalue weighted by Gasteiger charge is 2.32. The third-order valence-corrected chi connectivity index (χ3v) is 5.18. The van der Waals surface area contributed by atoms with Gasteiger partial charge in [-0.15, -0.1) is 0 Å². The summed E-state index contributed by atoms with van der Waals surface area (Å²) in [6.45, 7) is 2.01. The van der Waals surface area contributed by atoms with Crippen molar-refractivity contribution in [3.8, 4) is 11.1 Å². The van der Waals surface area contributed by atoms with Crippen LogP contribution in [0.3, 0.4) is 0 Å². The number of nitrogen functional groups attached to an aromatic ring is 1. The summed E-state index contributed by atoms with van der Waals surface area (Å²) in [5.74, 6) is -1.00. The lowest BCUT2D eigenvalue weighted by Crippen LogP contribution is -2.22. The number of halogens is 2. The molecule has 2 aromatic rings. The Morgan fingerprint density at radius 2 is 2.09 bits per heavy atom. The summed E-state index contributed by atoms with van der Waals surface area (Å²) in [6, 6.07) is 0. The number of anilines is 1. The summed E-state index contributed by atoms with van der Waals surface area (Å²) in [7, 11) is 0. The highest BCUT2D eigenvalue weighted by Crippen LogP contribution is 2.41. The van der Waals surface area contributed by atoms with Gasteiger partial charge in [-0.1, -0.05) is 0 Å². The van der Waals surface area contributed by atoms with Crippen molar-refractivity contribution in [1.29, 1.82) is 0 Å². The van der Waals surface area contributed by atoms with Crippen molar-refractivity contribution < 1.29 is 14.3 Å². The number of nitrogens with two attached hydrogens (primary N) is 1. The lowest BCUT2D eigenvalue weighted by molar-refractivity contribution is 0.0520. The normalized spacial score (nSPS) is 12.9. The SMILES string of the molecule is CCOC(=O)c1nc(N)nc2c1-c1c([nH]c(Br)c1Br)C(=O)NC2. The number of fused-ring (bicyclic) bond motifs is 3. The van der Waals surface area contributed by atoms with Gasteiger partial charge >= 0.3 is 5.97 Å². The van der Waals surface area contributed by atoms with E-state index in [1.165, 1.54) is 0 Å². The quantitative estimate of drug-likeness (QED) is 0.608. The third-order valence-electron chi connectivity index (χ3n) is 3.26. The predicted octanol–water partition coefficient (Wildman–Crippen LogP) is 2.00. The first-order valence-corrected chi connectivity index (χ1v) is 8.21. The number of nitrogens with one attached hydrogen (secondary N) is 2. The van der Waals surface area contributed by atoms with E-state index < -0.39 is 5.97 Å². The van der Waals surface area contributed by atoms with E-state index >= 15 is 0 Å². The molecule has 0 bridgehead atoms. The van der Waals surface area contributed by atoms with E-state index in [0.717, 1.165) is 0 Å². The Hall–Kier alpha value is -1.94. The average Bonchev–Trinajstić information content (AvgIpc) is 2.72. The molecule has 3 heterocycles. The fraction of sp³-hybridized carbons (Fsp3) is 0.231. The molecule has 0 aliphatic carbocycles. The zero-order valence-corrected chi connectivity index (χ0v) is 15.0. The van der Waals surface area contributed by atoms with Crippen molar-refractivity contribution >= 4 is 49.7 Å². The van der Waals surface area contributed by atoms with Gasteiger partial charge in [0.25, 0.3) is 5.91 Å². The van der Waals surface area contributed by atoms with Gasteiger partial charge < -0.3 is 20.8 Å². The number of H-pyrrole nitrogens is 1. The van der Waals surface area contributed by atoms with Crippen LogP contribution >= 0.6 is 31.9 Å². The smallest absolute Gasteiger partial charge is 0.357 e. The van der Waals surface area contributed by atoms with E-state index in [4.69, 9.17) is 10.5 Å². The molecule has 3 rings (SSSR count). The van der Waals surface area contributed by atoms with Gasteiger partial charge in [-0.3, -0.25) is 4.79 Å². The molecule has 0 atom stereocenters. The zero-order valence-electron chi connectivity index (χ0n) is 11.9. The molecule has 0 saturated carbocycles. The van der Waals surface area contributed by atoms with E-state index in [-0.39, 0.29) is 30.7 Å². The zero-order chi connectivity index (χ0) is 16.7. The van der Waals surface area contributed by atoms with Crippen LogP contribution < -0.4 is 11.1 Å². The number of amides is 1. The van der Waals surface area contributed by atoms with Crippen LogP contribution in [0, 0.1) is 0 Å². The van der Waals surface area contributed by atoms with Gasteiger partial charge in [-0.05, 0) is 38.8 Å². The van der Waals surface area contributed by atoms with Crippen molar-refractivity contribution in [2.45, 2.75) is 13.5 Å². The minimum Gasteiger partial charge on any atom is -0.461 e. The van der Waals surface area contributed by atoms with Crippen molar-refractivity contribution in [1.82, 2.24) is 20.3 Å². The number of carbonyl (C=O) groups excluding carboxylic acids is 2. The third kappa shape index (κ3) is 2.61. The van der Waals surface area contributed by atoms with E-state index in [1.54, 1.807) is 6.92 Å². The predicted molar refractivity (Wildman–Crippen MR) is 88.8 cm³/mol. The number of hydrogen-bond donors (Lipinski definition) is 3. The summed E-state index contributed by atoms with van der Waals surface area (Å²) in [4.78, 5) is 35.6. The van der Waals surface area contributed by atoms with Gasteiger partial charge in [0.1, 0.15) is 5.69 Å². The molecule has 8 nitrogen and oxygen atoms in total. The maximum atomic E-state index is 12.3.